The summed E-state index contributed by atoms with van der Waals surface area (Å²) in [6.07, 6.45) is 4.50. The summed E-state index contributed by atoms with van der Waals surface area (Å²) >= 11 is 1.49. The molecular formula is C16H20N2O2S. The van der Waals surface area contributed by atoms with Crippen molar-refractivity contribution in [3.05, 3.63) is 23.8 Å². The maximum absolute atomic E-state index is 12.5. The highest BCUT2D eigenvalue weighted by Crippen LogP contribution is 2.36. The molecule has 1 aliphatic heterocycles. The van der Waals surface area contributed by atoms with Gasteiger partial charge >= 0.3 is 0 Å². The Morgan fingerprint density at radius 2 is 1.95 bits per heavy atom. The Morgan fingerprint density at radius 1 is 1.24 bits per heavy atom. The van der Waals surface area contributed by atoms with Crippen LogP contribution in [0.2, 0.25) is 0 Å². The van der Waals surface area contributed by atoms with Crippen molar-refractivity contribution in [3.63, 3.8) is 0 Å². The number of carbonyl (C=O) groups is 2. The predicted molar refractivity (Wildman–Crippen MR) is 84.0 cm³/mol. The van der Waals surface area contributed by atoms with Crippen molar-refractivity contribution in [3.8, 4) is 0 Å². The number of amides is 2. The number of nitrogens with zero attached hydrogens (tertiary/aromatic N) is 1. The molecule has 1 aromatic rings. The third-order valence-corrected chi connectivity index (χ3v) is 5.66. The van der Waals surface area contributed by atoms with Crippen LogP contribution in [-0.4, -0.2) is 28.0 Å². The van der Waals surface area contributed by atoms with Crippen LogP contribution in [0.5, 0.6) is 0 Å². The van der Waals surface area contributed by atoms with Crippen molar-refractivity contribution >= 4 is 29.3 Å². The number of hydrogen-bond acceptors (Lipinski definition) is 4. The number of nitrogens with two attached hydrogens (primary N) is 1. The number of carbonyl (C=O) groups excluding carboxylic acids is 2. The van der Waals surface area contributed by atoms with Gasteiger partial charge in [0.15, 0.2) is 0 Å². The fraction of sp³-hybridized carbons (Fsp3) is 0.500. The maximum Gasteiger partial charge on any atom is 0.243 e. The summed E-state index contributed by atoms with van der Waals surface area (Å²) in [5.74, 6) is -0.00868. The number of imide groups is 1. The lowest BCUT2D eigenvalue weighted by Crippen LogP contribution is -2.39. The Kier molecular flexibility index (Phi) is 3.93. The second kappa shape index (κ2) is 5.72. The van der Waals surface area contributed by atoms with Crippen molar-refractivity contribution < 1.29 is 9.59 Å². The summed E-state index contributed by atoms with van der Waals surface area (Å²) in [7, 11) is 0. The largest absolute Gasteiger partial charge is 0.399 e. The Bertz CT molecular complexity index is 582. The summed E-state index contributed by atoms with van der Waals surface area (Å²) in [6.45, 7) is 1.98. The first-order valence-electron chi connectivity index (χ1n) is 7.45. The number of thioether (sulfide) groups is 1. The van der Waals surface area contributed by atoms with Crippen LogP contribution in [0.4, 0.5) is 5.69 Å². The lowest BCUT2D eigenvalue weighted by molar-refractivity contribution is -0.140. The minimum atomic E-state index is -0.277. The van der Waals surface area contributed by atoms with Gasteiger partial charge in [-0.05, 0) is 43.5 Å². The highest BCUT2D eigenvalue weighted by molar-refractivity contribution is 8.00. The highest BCUT2D eigenvalue weighted by Gasteiger charge is 2.43. The lowest BCUT2D eigenvalue weighted by atomic mass is 10.2. The van der Waals surface area contributed by atoms with E-state index in [0.29, 0.717) is 6.42 Å². The maximum atomic E-state index is 12.5. The van der Waals surface area contributed by atoms with Crippen LogP contribution in [0.25, 0.3) is 0 Å². The number of nitrogen functional groups attached to an aromatic ring is 1. The minimum absolute atomic E-state index is 0.00232. The fourth-order valence-corrected chi connectivity index (χ4v) is 4.36. The van der Waals surface area contributed by atoms with E-state index in [1.165, 1.54) is 16.7 Å². The van der Waals surface area contributed by atoms with E-state index in [-0.39, 0.29) is 23.1 Å². The summed E-state index contributed by atoms with van der Waals surface area (Å²) in [6, 6.07) is 5.82. The van der Waals surface area contributed by atoms with Crippen molar-refractivity contribution in [2.75, 3.05) is 5.73 Å². The van der Waals surface area contributed by atoms with Crippen LogP contribution in [0.3, 0.4) is 0 Å². The molecule has 2 aliphatic rings. The number of anilines is 1. The summed E-state index contributed by atoms with van der Waals surface area (Å²) in [5, 5.41) is -0.277. The summed E-state index contributed by atoms with van der Waals surface area (Å²) in [5.41, 5.74) is 7.53. The molecule has 112 valence electrons. The quantitative estimate of drug-likeness (QED) is 0.689. The molecule has 1 aliphatic carbocycles. The van der Waals surface area contributed by atoms with Gasteiger partial charge in [0, 0.05) is 23.0 Å². The number of aryl methyl sites for hydroxylation is 1. The molecular weight excluding hydrogens is 284 g/mol. The van der Waals surface area contributed by atoms with Crippen molar-refractivity contribution in [1.82, 2.24) is 4.90 Å². The topological polar surface area (TPSA) is 63.4 Å². The third kappa shape index (κ3) is 2.79. The molecule has 1 saturated heterocycles. The van der Waals surface area contributed by atoms with E-state index in [0.717, 1.165) is 41.8 Å². The molecule has 0 bridgehead atoms. The Hall–Kier alpha value is -1.49. The zero-order valence-corrected chi connectivity index (χ0v) is 13.0. The Labute approximate surface area is 129 Å². The summed E-state index contributed by atoms with van der Waals surface area (Å²) < 4.78 is 0. The van der Waals surface area contributed by atoms with Crippen LogP contribution in [0.15, 0.2) is 23.1 Å². The van der Waals surface area contributed by atoms with Gasteiger partial charge in [-0.15, -0.1) is 11.8 Å². The van der Waals surface area contributed by atoms with Gasteiger partial charge in [-0.1, -0.05) is 12.8 Å². The molecule has 4 nitrogen and oxygen atoms in total. The molecule has 3 rings (SSSR count). The summed E-state index contributed by atoms with van der Waals surface area (Å²) in [4.78, 5) is 27.3. The first-order valence-corrected chi connectivity index (χ1v) is 8.33. The number of hydrogen-bond donors (Lipinski definition) is 1. The molecule has 5 heteroatoms. The van der Waals surface area contributed by atoms with Crippen LogP contribution in [-0.2, 0) is 9.59 Å². The normalized spacial score (nSPS) is 23.3. The highest BCUT2D eigenvalue weighted by atomic mass is 32.2. The van der Waals surface area contributed by atoms with Gasteiger partial charge in [0.1, 0.15) is 0 Å². The molecule has 2 amide bonds. The van der Waals surface area contributed by atoms with Gasteiger partial charge in [-0.2, -0.15) is 0 Å². The Balaban J connectivity index is 1.75. The van der Waals surface area contributed by atoms with E-state index >= 15 is 0 Å². The van der Waals surface area contributed by atoms with E-state index < -0.39 is 0 Å². The molecule has 1 heterocycles. The van der Waals surface area contributed by atoms with E-state index in [1.807, 2.05) is 25.1 Å². The third-order valence-electron chi connectivity index (χ3n) is 4.30. The second-order valence-electron chi connectivity index (χ2n) is 5.88. The van der Waals surface area contributed by atoms with Gasteiger partial charge < -0.3 is 5.73 Å². The Morgan fingerprint density at radius 3 is 2.62 bits per heavy atom. The van der Waals surface area contributed by atoms with E-state index in [2.05, 4.69) is 0 Å². The average Bonchev–Trinajstić information content (AvgIpc) is 3.02. The molecule has 0 spiro atoms. The number of rotatable bonds is 3. The fourth-order valence-electron chi connectivity index (χ4n) is 3.22. The van der Waals surface area contributed by atoms with Crippen LogP contribution in [0.1, 0.15) is 37.7 Å². The van der Waals surface area contributed by atoms with Gasteiger partial charge in [0.2, 0.25) is 11.8 Å². The van der Waals surface area contributed by atoms with Gasteiger partial charge in [-0.3, -0.25) is 14.5 Å². The standard InChI is InChI=1S/C16H20N2O2S/c1-10-8-11(17)6-7-13(10)21-14-9-15(19)18(16(14)20)12-4-2-3-5-12/h6-8,12,14H,2-5,9,17H2,1H3. The van der Waals surface area contributed by atoms with E-state index in [9.17, 15) is 9.59 Å². The van der Waals surface area contributed by atoms with Crippen LogP contribution in [0, 0.1) is 6.92 Å². The van der Waals surface area contributed by atoms with E-state index in [4.69, 9.17) is 5.73 Å². The lowest BCUT2D eigenvalue weighted by Gasteiger charge is -2.22. The molecule has 0 aromatic heterocycles. The molecule has 21 heavy (non-hydrogen) atoms. The zero-order chi connectivity index (χ0) is 15.0. The zero-order valence-electron chi connectivity index (χ0n) is 12.2. The second-order valence-corrected chi connectivity index (χ2v) is 7.12. The first-order chi connectivity index (χ1) is 10.1. The molecule has 1 aromatic carbocycles. The number of benzene rings is 1. The predicted octanol–water partition coefficient (Wildman–Crippen LogP) is 2.74. The van der Waals surface area contributed by atoms with E-state index in [1.54, 1.807) is 0 Å². The molecule has 2 N–H and O–H groups in total. The molecule has 1 saturated carbocycles. The molecule has 0 radical (unpaired) electrons. The van der Waals surface area contributed by atoms with Crippen molar-refractivity contribution in [2.24, 2.45) is 0 Å². The van der Waals surface area contributed by atoms with Crippen molar-refractivity contribution in [1.29, 1.82) is 0 Å². The van der Waals surface area contributed by atoms with Crippen molar-refractivity contribution in [2.45, 2.75) is 55.2 Å². The van der Waals surface area contributed by atoms with Gasteiger partial charge in [0.25, 0.3) is 0 Å². The molecule has 2 fully saturated rings. The van der Waals surface area contributed by atoms with Crippen LogP contribution < -0.4 is 5.73 Å². The monoisotopic (exact) mass is 304 g/mol. The number of likely N-dealkylation sites (tertiary alicyclic amines) is 1. The minimum Gasteiger partial charge on any atom is -0.399 e. The van der Waals surface area contributed by atoms with Crippen LogP contribution >= 0.6 is 11.8 Å². The first kappa shape index (κ1) is 14.4. The SMILES string of the molecule is Cc1cc(N)ccc1SC1CC(=O)N(C2CCCC2)C1=O. The average molecular weight is 304 g/mol. The van der Waals surface area contributed by atoms with Gasteiger partial charge in [-0.25, -0.2) is 0 Å². The molecule has 1 atom stereocenters. The molecule has 1 unspecified atom stereocenters. The van der Waals surface area contributed by atoms with Gasteiger partial charge in [0.05, 0.1) is 5.25 Å². The smallest absolute Gasteiger partial charge is 0.243 e.